The predicted molar refractivity (Wildman–Crippen MR) is 186 cm³/mol. The topological polar surface area (TPSA) is 199 Å². The first-order valence-electron chi connectivity index (χ1n) is 19.1. The number of ether oxygens (including phenoxy) is 9. The third-order valence-corrected chi connectivity index (χ3v) is 14.5. The Morgan fingerprint density at radius 3 is 1.95 bits per heavy atom. The maximum Gasteiger partial charge on any atom is 0.308 e. The molecule has 0 N–H and O–H groups in total. The Labute approximate surface area is 324 Å². The maximum atomic E-state index is 14.3. The number of carbonyl (C=O) groups excluding carboxylic acids is 6. The number of methoxy groups -OCH3 is 2. The van der Waals surface area contributed by atoms with Crippen molar-refractivity contribution in [1.29, 1.82) is 0 Å². The highest BCUT2D eigenvalue weighted by molar-refractivity contribution is 5.76. The Kier molecular flexibility index (Phi) is 8.96. The first-order valence-corrected chi connectivity index (χ1v) is 19.1. The summed E-state index contributed by atoms with van der Waals surface area (Å²) in [6, 6.07) is 1.65. The summed E-state index contributed by atoms with van der Waals surface area (Å²) < 4.78 is 63.5. The fourth-order valence-corrected chi connectivity index (χ4v) is 12.9. The van der Waals surface area contributed by atoms with E-state index in [9.17, 15) is 28.8 Å². The van der Waals surface area contributed by atoms with Crippen molar-refractivity contribution in [2.24, 2.45) is 34.0 Å². The molecule has 16 heteroatoms. The average molecular weight is 789 g/mol. The molecular formula is C40H52O16. The summed E-state index contributed by atoms with van der Waals surface area (Å²) in [7, 11) is 2.50. The lowest BCUT2D eigenvalue weighted by molar-refractivity contribution is -0.477. The highest BCUT2D eigenvalue weighted by Gasteiger charge is 3.05. The van der Waals surface area contributed by atoms with Gasteiger partial charge in [0.15, 0.2) is 12.2 Å². The molecule has 4 aliphatic carbocycles. The molecule has 2 saturated heterocycles. The van der Waals surface area contributed by atoms with Gasteiger partial charge in [-0.05, 0) is 31.2 Å². The maximum absolute atomic E-state index is 14.3. The molecule has 2 aliphatic heterocycles. The van der Waals surface area contributed by atoms with Gasteiger partial charge in [0.05, 0.1) is 39.1 Å². The lowest BCUT2D eigenvalue weighted by atomic mass is 9.33. The second kappa shape index (κ2) is 12.5. The van der Waals surface area contributed by atoms with E-state index in [2.05, 4.69) is 0 Å². The molecule has 4 saturated carbocycles. The highest BCUT2D eigenvalue weighted by atomic mass is 16.9. The van der Waals surface area contributed by atoms with Crippen molar-refractivity contribution in [3.8, 4) is 0 Å². The van der Waals surface area contributed by atoms with Crippen LogP contribution in [0.4, 0.5) is 0 Å². The number of fused-ring (bicyclic) bond motifs is 2. The Bertz CT molecular complexity index is 1860. The molecular weight excluding hydrogens is 736 g/mol. The van der Waals surface area contributed by atoms with Crippen molar-refractivity contribution >= 4 is 35.8 Å². The standard InChI is InChI=1S/C40H52O16/c1-20(2)30(46)52-32-39-26(17-28(45)48-11)33(6,29(50-21(3)41)24-12-15-49-18-24)13-14-37(39)35(8)25(16-27(44)47-10)34(7)19-38(35,55-36(9,54-37)56-39)40(32,53-23(5)43)31(34)51-22(4)42/h12,15,18,20,25-26,29,31-32H,13-14,16-17,19H2,1-11H3/t25-,26+,29-,31-,32-,33+,34+,35-,36+,37-,38+,39+,40-/m0/s1. The van der Waals surface area contributed by atoms with Crippen LogP contribution in [0.1, 0.15) is 106 Å². The molecule has 1 aromatic heterocycles. The van der Waals surface area contributed by atoms with E-state index >= 15 is 0 Å². The van der Waals surface area contributed by atoms with Crippen LogP contribution in [0, 0.1) is 34.0 Å². The third-order valence-electron chi connectivity index (χ3n) is 14.5. The van der Waals surface area contributed by atoms with Gasteiger partial charge < -0.3 is 47.0 Å². The fourth-order valence-electron chi connectivity index (χ4n) is 12.9. The first kappa shape index (κ1) is 40.2. The highest BCUT2D eigenvalue weighted by Crippen LogP contribution is 2.90. The lowest BCUT2D eigenvalue weighted by Crippen LogP contribution is -2.94. The minimum atomic E-state index is -2.17. The molecule has 4 bridgehead atoms. The number of esters is 6. The molecule has 3 heterocycles. The second-order valence-corrected chi connectivity index (χ2v) is 17.6. The summed E-state index contributed by atoms with van der Waals surface area (Å²) in [5.74, 6) is -8.81. The first-order chi connectivity index (χ1) is 26.0. The number of furan rings is 1. The van der Waals surface area contributed by atoms with E-state index in [1.165, 1.54) is 47.5 Å². The van der Waals surface area contributed by atoms with Crippen molar-refractivity contribution < 1.29 is 75.8 Å². The Morgan fingerprint density at radius 2 is 1.41 bits per heavy atom. The van der Waals surface area contributed by atoms with Crippen LogP contribution < -0.4 is 0 Å². The monoisotopic (exact) mass is 788 g/mol. The minimum Gasteiger partial charge on any atom is -0.472 e. The van der Waals surface area contributed by atoms with E-state index in [0.29, 0.717) is 5.56 Å². The van der Waals surface area contributed by atoms with Gasteiger partial charge in [-0.3, -0.25) is 28.8 Å². The summed E-state index contributed by atoms with van der Waals surface area (Å²) in [4.78, 5) is 81.8. The van der Waals surface area contributed by atoms with E-state index < -0.39 is 123 Å². The molecule has 16 nitrogen and oxygen atoms in total. The van der Waals surface area contributed by atoms with Crippen LogP contribution >= 0.6 is 0 Å². The van der Waals surface area contributed by atoms with Crippen LogP contribution in [0.2, 0.25) is 0 Å². The average Bonchev–Trinajstić information content (AvgIpc) is 3.81. The van der Waals surface area contributed by atoms with Gasteiger partial charge in [-0.25, -0.2) is 0 Å². The van der Waals surface area contributed by atoms with Crippen LogP contribution in [0.5, 0.6) is 0 Å². The summed E-state index contributed by atoms with van der Waals surface area (Å²) in [6.07, 6.45) is -1.59. The number of carbonyl (C=O) groups is 6. The smallest absolute Gasteiger partial charge is 0.308 e. The molecule has 0 unspecified atom stereocenters. The number of hydrogen-bond donors (Lipinski definition) is 0. The molecule has 0 radical (unpaired) electrons. The van der Waals surface area contributed by atoms with Crippen LogP contribution in [0.15, 0.2) is 23.0 Å². The molecule has 56 heavy (non-hydrogen) atoms. The fraction of sp³-hybridized carbons (Fsp3) is 0.750. The van der Waals surface area contributed by atoms with E-state index in [1.54, 1.807) is 26.8 Å². The number of rotatable bonds is 11. The molecule has 308 valence electrons. The van der Waals surface area contributed by atoms with Gasteiger partial charge in [-0.1, -0.05) is 34.6 Å². The normalized spacial score (nSPS) is 44.1. The van der Waals surface area contributed by atoms with E-state index in [4.69, 9.17) is 47.0 Å². The van der Waals surface area contributed by atoms with E-state index in [0.717, 1.165) is 0 Å². The minimum absolute atomic E-state index is 0.0449. The van der Waals surface area contributed by atoms with Crippen LogP contribution in [0.3, 0.4) is 0 Å². The second-order valence-electron chi connectivity index (χ2n) is 17.6. The largest absolute Gasteiger partial charge is 0.472 e. The zero-order valence-electron chi connectivity index (χ0n) is 33.8. The SMILES string of the molecule is COC(=O)C[C@@H]1[C@](C)([C@@H](OC(C)=O)c2ccoc2)CC[C@@]23O[C@@]4(C)O[C@@]12[C@H](OC(=O)C(C)C)[C@@]1(OC(C)=O)[C@@H](OC(C)=O)[C@]2(C)C[C@@]1(O4)[C@@]3(C)[C@H]2CC(=O)OC. The third kappa shape index (κ3) is 4.63. The van der Waals surface area contributed by atoms with Gasteiger partial charge in [0.25, 0.3) is 5.97 Å². The summed E-state index contributed by atoms with van der Waals surface area (Å²) in [6.45, 7) is 14.0. The van der Waals surface area contributed by atoms with Gasteiger partial charge in [0.2, 0.25) is 5.60 Å². The molecule has 2 spiro atoms. The molecule has 6 aliphatic rings. The number of hydrogen-bond acceptors (Lipinski definition) is 16. The van der Waals surface area contributed by atoms with Crippen molar-refractivity contribution in [3.63, 3.8) is 0 Å². The van der Waals surface area contributed by atoms with Crippen molar-refractivity contribution in [2.75, 3.05) is 14.2 Å². The van der Waals surface area contributed by atoms with E-state index in [1.807, 2.05) is 20.8 Å². The van der Waals surface area contributed by atoms with Gasteiger partial charge in [0, 0.05) is 61.8 Å². The van der Waals surface area contributed by atoms with Crippen LogP contribution in [-0.4, -0.2) is 90.6 Å². The van der Waals surface area contributed by atoms with Gasteiger partial charge >= 0.3 is 35.8 Å². The van der Waals surface area contributed by atoms with Crippen molar-refractivity contribution in [3.05, 3.63) is 24.2 Å². The van der Waals surface area contributed by atoms with Crippen molar-refractivity contribution in [1.82, 2.24) is 0 Å². The molecule has 1 aromatic rings. The lowest BCUT2D eigenvalue weighted by Gasteiger charge is -2.77. The van der Waals surface area contributed by atoms with Gasteiger partial charge in [-0.2, -0.15) is 0 Å². The summed E-state index contributed by atoms with van der Waals surface area (Å²) in [5, 5.41) is 0. The Hall–Kier alpha value is -4.02. The van der Waals surface area contributed by atoms with E-state index in [-0.39, 0.29) is 25.7 Å². The molecule has 13 atom stereocenters. The summed E-state index contributed by atoms with van der Waals surface area (Å²) >= 11 is 0. The molecule has 7 rings (SSSR count). The summed E-state index contributed by atoms with van der Waals surface area (Å²) in [5.41, 5.74) is -10.9. The Morgan fingerprint density at radius 1 is 0.786 bits per heavy atom. The van der Waals surface area contributed by atoms with Crippen LogP contribution in [0.25, 0.3) is 0 Å². The molecule has 0 aromatic carbocycles. The Balaban J connectivity index is 1.66. The zero-order valence-corrected chi connectivity index (χ0v) is 33.8. The zero-order chi connectivity index (χ0) is 41.2. The van der Waals surface area contributed by atoms with Crippen LogP contribution in [-0.2, 0) is 71.4 Å². The quantitative estimate of drug-likeness (QED) is 0.228. The van der Waals surface area contributed by atoms with Gasteiger partial charge in [0.1, 0.15) is 22.9 Å². The predicted octanol–water partition coefficient (Wildman–Crippen LogP) is 4.25. The van der Waals surface area contributed by atoms with Gasteiger partial charge in [-0.15, -0.1) is 0 Å². The molecule has 0 amide bonds. The molecule has 6 fully saturated rings. The van der Waals surface area contributed by atoms with Crippen molar-refractivity contribution in [2.45, 2.75) is 141 Å².